The number of nitrogens with one attached hydrogen (secondary N) is 1. The Morgan fingerprint density at radius 1 is 1.26 bits per heavy atom. The van der Waals surface area contributed by atoms with E-state index in [4.69, 9.17) is 5.73 Å². The van der Waals surface area contributed by atoms with Crippen LogP contribution in [0.25, 0.3) is 0 Å². The quantitative estimate of drug-likeness (QED) is 0.828. The van der Waals surface area contributed by atoms with Crippen LogP contribution < -0.4 is 11.1 Å². The Morgan fingerprint density at radius 3 is 2.58 bits per heavy atom. The Balaban J connectivity index is 0.00000162. The van der Waals surface area contributed by atoms with Gasteiger partial charge in [-0.2, -0.15) is 0 Å². The van der Waals surface area contributed by atoms with Crippen LogP contribution in [0.3, 0.4) is 0 Å². The van der Waals surface area contributed by atoms with Gasteiger partial charge in [0.15, 0.2) is 0 Å². The first-order valence-corrected chi connectivity index (χ1v) is 6.99. The number of amides is 1. The average Bonchev–Trinajstić information content (AvgIpc) is 2.94. The molecule has 1 saturated carbocycles. The van der Waals surface area contributed by atoms with E-state index >= 15 is 0 Å². The van der Waals surface area contributed by atoms with Crippen LogP contribution in [0.2, 0.25) is 0 Å². The predicted molar refractivity (Wildman–Crippen MR) is 83.1 cm³/mol. The van der Waals surface area contributed by atoms with Gasteiger partial charge >= 0.3 is 0 Å². The molecule has 0 aromatic rings. The van der Waals surface area contributed by atoms with Gasteiger partial charge in [0.25, 0.3) is 0 Å². The Bertz CT molecular complexity index is 279. The summed E-state index contributed by atoms with van der Waals surface area (Å²) in [4.78, 5) is 14.5. The lowest BCUT2D eigenvalue weighted by molar-refractivity contribution is -0.125. The second-order valence-electron chi connectivity index (χ2n) is 5.37. The van der Waals surface area contributed by atoms with Crippen molar-refractivity contribution in [1.29, 1.82) is 0 Å². The minimum absolute atomic E-state index is 0. The van der Waals surface area contributed by atoms with Gasteiger partial charge in [-0.25, -0.2) is 0 Å². The Kier molecular flexibility index (Phi) is 8.99. The first-order valence-electron chi connectivity index (χ1n) is 6.99. The second kappa shape index (κ2) is 9.01. The highest BCUT2D eigenvalue weighted by Crippen LogP contribution is 2.24. The van der Waals surface area contributed by atoms with Crippen LogP contribution in [-0.2, 0) is 4.79 Å². The van der Waals surface area contributed by atoms with E-state index in [1.165, 1.54) is 19.4 Å². The van der Waals surface area contributed by atoms with Crippen molar-refractivity contribution in [3.05, 3.63) is 0 Å². The molecule has 1 saturated heterocycles. The summed E-state index contributed by atoms with van der Waals surface area (Å²) >= 11 is 0. The number of rotatable bonds is 4. The van der Waals surface area contributed by atoms with Crippen LogP contribution in [-0.4, -0.2) is 42.5 Å². The molecule has 4 nitrogen and oxygen atoms in total. The zero-order chi connectivity index (χ0) is 12.3. The Morgan fingerprint density at radius 2 is 2.00 bits per heavy atom. The molecular weight excluding hydrogens is 285 g/mol. The zero-order valence-electron chi connectivity index (χ0n) is 11.6. The van der Waals surface area contributed by atoms with Crippen LogP contribution in [0.4, 0.5) is 0 Å². The van der Waals surface area contributed by atoms with Crippen molar-refractivity contribution in [2.75, 3.05) is 19.6 Å². The summed E-state index contributed by atoms with van der Waals surface area (Å²) in [6.07, 6.45) is 5.55. The number of nitrogens with two attached hydrogens (primary N) is 1. The molecule has 3 atom stereocenters. The number of nitrogens with zero attached hydrogens (tertiary/aromatic N) is 1. The minimum Gasteiger partial charge on any atom is -0.354 e. The average molecular weight is 312 g/mol. The number of hydrogen-bond donors (Lipinski definition) is 2. The molecule has 2 aliphatic rings. The molecule has 19 heavy (non-hydrogen) atoms. The predicted octanol–water partition coefficient (Wildman–Crippen LogP) is 1.56. The van der Waals surface area contributed by atoms with Crippen LogP contribution in [0, 0.1) is 5.92 Å². The molecule has 2 rings (SSSR count). The molecule has 1 heterocycles. The van der Waals surface area contributed by atoms with E-state index in [9.17, 15) is 4.79 Å². The summed E-state index contributed by atoms with van der Waals surface area (Å²) in [6, 6.07) is 0.627. The van der Waals surface area contributed by atoms with Gasteiger partial charge in [0.2, 0.25) is 5.91 Å². The molecular formula is C13H27Cl2N3O. The SMILES string of the molecule is CCN1CCCC1CNC(=O)C1CCCC1N.Cl.Cl. The number of halogens is 2. The highest BCUT2D eigenvalue weighted by Gasteiger charge is 2.31. The van der Waals surface area contributed by atoms with Gasteiger partial charge in [-0.15, -0.1) is 24.8 Å². The van der Waals surface area contributed by atoms with Gasteiger partial charge in [0, 0.05) is 18.6 Å². The molecule has 3 unspecified atom stereocenters. The van der Waals surface area contributed by atoms with E-state index in [-0.39, 0.29) is 42.7 Å². The van der Waals surface area contributed by atoms with Gasteiger partial charge in [-0.1, -0.05) is 13.3 Å². The van der Waals surface area contributed by atoms with Crippen LogP contribution in [0.5, 0.6) is 0 Å². The van der Waals surface area contributed by atoms with Crippen molar-refractivity contribution in [3.8, 4) is 0 Å². The molecule has 1 aliphatic carbocycles. The van der Waals surface area contributed by atoms with Crippen molar-refractivity contribution in [2.45, 2.75) is 51.1 Å². The molecule has 3 N–H and O–H groups in total. The molecule has 1 amide bonds. The summed E-state index contributed by atoms with van der Waals surface area (Å²) in [6.45, 7) is 5.26. The van der Waals surface area contributed by atoms with Crippen LogP contribution in [0.15, 0.2) is 0 Å². The van der Waals surface area contributed by atoms with Crippen molar-refractivity contribution in [1.82, 2.24) is 10.2 Å². The number of carbonyl (C=O) groups excluding carboxylic acids is 1. The van der Waals surface area contributed by atoms with E-state index in [0.717, 1.165) is 32.4 Å². The van der Waals surface area contributed by atoms with Gasteiger partial charge in [-0.3, -0.25) is 9.69 Å². The lowest BCUT2D eigenvalue weighted by atomic mass is 10.0. The number of carbonyl (C=O) groups is 1. The third kappa shape index (κ3) is 4.78. The first-order chi connectivity index (χ1) is 8.22. The van der Waals surface area contributed by atoms with E-state index in [0.29, 0.717) is 6.04 Å². The molecule has 6 heteroatoms. The van der Waals surface area contributed by atoms with E-state index in [2.05, 4.69) is 17.1 Å². The first kappa shape index (κ1) is 19.0. The molecule has 0 aromatic heterocycles. The van der Waals surface area contributed by atoms with Crippen molar-refractivity contribution >= 4 is 30.7 Å². The number of hydrogen-bond acceptors (Lipinski definition) is 3. The lowest BCUT2D eigenvalue weighted by Crippen LogP contribution is -2.44. The van der Waals surface area contributed by atoms with Crippen molar-refractivity contribution in [3.63, 3.8) is 0 Å². The van der Waals surface area contributed by atoms with Gasteiger partial charge in [0.1, 0.15) is 0 Å². The van der Waals surface area contributed by atoms with Gasteiger partial charge < -0.3 is 11.1 Å². The third-order valence-corrected chi connectivity index (χ3v) is 4.32. The molecule has 0 aromatic carbocycles. The summed E-state index contributed by atoms with van der Waals surface area (Å²) in [7, 11) is 0. The zero-order valence-corrected chi connectivity index (χ0v) is 13.3. The monoisotopic (exact) mass is 311 g/mol. The maximum absolute atomic E-state index is 12.0. The minimum atomic E-state index is 0. The van der Waals surface area contributed by atoms with E-state index in [1.807, 2.05) is 0 Å². The highest BCUT2D eigenvalue weighted by molar-refractivity contribution is 5.85. The smallest absolute Gasteiger partial charge is 0.224 e. The Hall–Kier alpha value is -0.0300. The summed E-state index contributed by atoms with van der Waals surface area (Å²) < 4.78 is 0. The topological polar surface area (TPSA) is 58.4 Å². The maximum Gasteiger partial charge on any atom is 0.224 e. The summed E-state index contributed by atoms with van der Waals surface area (Å²) in [5.41, 5.74) is 5.95. The molecule has 0 spiro atoms. The van der Waals surface area contributed by atoms with Crippen molar-refractivity contribution < 1.29 is 4.79 Å². The van der Waals surface area contributed by atoms with E-state index in [1.54, 1.807) is 0 Å². The van der Waals surface area contributed by atoms with Gasteiger partial charge in [0.05, 0.1) is 5.92 Å². The fraction of sp³-hybridized carbons (Fsp3) is 0.923. The third-order valence-electron chi connectivity index (χ3n) is 4.32. The maximum atomic E-state index is 12.0. The summed E-state index contributed by atoms with van der Waals surface area (Å²) in [5, 5.41) is 3.10. The molecule has 114 valence electrons. The van der Waals surface area contributed by atoms with E-state index < -0.39 is 0 Å². The second-order valence-corrected chi connectivity index (χ2v) is 5.37. The Labute approximate surface area is 128 Å². The highest BCUT2D eigenvalue weighted by atomic mass is 35.5. The lowest BCUT2D eigenvalue weighted by Gasteiger charge is -2.24. The molecule has 2 fully saturated rings. The largest absolute Gasteiger partial charge is 0.354 e. The van der Waals surface area contributed by atoms with Gasteiger partial charge in [-0.05, 0) is 38.8 Å². The molecule has 0 bridgehead atoms. The fourth-order valence-corrected chi connectivity index (χ4v) is 3.21. The van der Waals surface area contributed by atoms with Crippen LogP contribution >= 0.6 is 24.8 Å². The standard InChI is InChI=1S/C13H25N3O.2ClH/c1-2-16-8-4-5-10(16)9-15-13(17)11-6-3-7-12(11)14;;/h10-12H,2-9,14H2,1H3,(H,15,17);2*1H. The fourth-order valence-electron chi connectivity index (χ4n) is 3.21. The number of likely N-dealkylation sites (N-methyl/N-ethyl adjacent to an activating group) is 1. The normalized spacial score (nSPS) is 30.5. The van der Waals surface area contributed by atoms with Crippen LogP contribution in [0.1, 0.15) is 39.0 Å². The molecule has 1 aliphatic heterocycles. The van der Waals surface area contributed by atoms with Crippen molar-refractivity contribution in [2.24, 2.45) is 11.7 Å². The number of likely N-dealkylation sites (tertiary alicyclic amines) is 1. The summed E-state index contributed by atoms with van der Waals surface area (Å²) in [5.74, 6) is 0.240. The molecule has 0 radical (unpaired) electrons.